The standard InChI is InChI=1S/C14H20N2O3/c1-3-10(2)15-7-6-14(17)16-11-4-5-12-13(8-11)19-9-18-12/h4-5,8,10,15H,3,6-7,9H2,1-2H3,(H,16,17). The first-order valence-electron chi connectivity index (χ1n) is 6.62. The monoisotopic (exact) mass is 264 g/mol. The molecular weight excluding hydrogens is 244 g/mol. The van der Waals surface area contributed by atoms with Gasteiger partial charge in [-0.25, -0.2) is 0 Å². The van der Waals surface area contributed by atoms with E-state index in [1.54, 1.807) is 12.1 Å². The Bertz CT molecular complexity index is 448. The molecule has 2 N–H and O–H groups in total. The zero-order valence-corrected chi connectivity index (χ0v) is 11.4. The van der Waals surface area contributed by atoms with Crippen molar-refractivity contribution in [2.45, 2.75) is 32.7 Å². The molecule has 0 radical (unpaired) electrons. The fourth-order valence-electron chi connectivity index (χ4n) is 1.77. The molecule has 5 nitrogen and oxygen atoms in total. The first kappa shape index (κ1) is 13.7. The van der Waals surface area contributed by atoms with E-state index in [0.717, 1.165) is 17.9 Å². The Labute approximate surface area is 113 Å². The summed E-state index contributed by atoms with van der Waals surface area (Å²) in [5, 5.41) is 6.13. The number of carbonyl (C=O) groups excluding carboxylic acids is 1. The molecule has 19 heavy (non-hydrogen) atoms. The van der Waals surface area contributed by atoms with Crippen LogP contribution < -0.4 is 20.1 Å². The van der Waals surface area contributed by atoms with Crippen molar-refractivity contribution in [2.24, 2.45) is 0 Å². The smallest absolute Gasteiger partial charge is 0.231 e. The van der Waals surface area contributed by atoms with Gasteiger partial charge in [-0.15, -0.1) is 0 Å². The summed E-state index contributed by atoms with van der Waals surface area (Å²) in [6.45, 7) is 5.15. The van der Waals surface area contributed by atoms with Gasteiger partial charge in [0.1, 0.15) is 0 Å². The number of fused-ring (bicyclic) bond motifs is 1. The van der Waals surface area contributed by atoms with Crippen LogP contribution in [0.15, 0.2) is 18.2 Å². The molecule has 0 saturated heterocycles. The van der Waals surface area contributed by atoms with Gasteiger partial charge in [0.05, 0.1) is 0 Å². The van der Waals surface area contributed by atoms with Crippen LogP contribution >= 0.6 is 0 Å². The summed E-state index contributed by atoms with van der Waals surface area (Å²) in [5.41, 5.74) is 0.734. The maximum atomic E-state index is 11.8. The number of carbonyl (C=O) groups is 1. The molecule has 0 saturated carbocycles. The lowest BCUT2D eigenvalue weighted by molar-refractivity contribution is -0.116. The van der Waals surface area contributed by atoms with Gasteiger partial charge in [0.25, 0.3) is 0 Å². The number of rotatable bonds is 6. The summed E-state index contributed by atoms with van der Waals surface area (Å²) in [5.74, 6) is 1.39. The van der Waals surface area contributed by atoms with E-state index in [0.29, 0.717) is 24.8 Å². The molecule has 5 heteroatoms. The topological polar surface area (TPSA) is 59.6 Å². The van der Waals surface area contributed by atoms with Crippen molar-refractivity contribution in [3.63, 3.8) is 0 Å². The summed E-state index contributed by atoms with van der Waals surface area (Å²) in [6, 6.07) is 5.84. The van der Waals surface area contributed by atoms with Gasteiger partial charge >= 0.3 is 0 Å². The summed E-state index contributed by atoms with van der Waals surface area (Å²) in [7, 11) is 0. The maximum absolute atomic E-state index is 11.8. The largest absolute Gasteiger partial charge is 0.454 e. The van der Waals surface area contributed by atoms with Crippen LogP contribution in [-0.2, 0) is 4.79 Å². The van der Waals surface area contributed by atoms with Crippen LogP contribution in [-0.4, -0.2) is 25.3 Å². The predicted molar refractivity (Wildman–Crippen MR) is 73.6 cm³/mol. The number of hydrogen-bond acceptors (Lipinski definition) is 4. The second-order valence-electron chi connectivity index (χ2n) is 4.63. The quantitative estimate of drug-likeness (QED) is 0.826. The molecule has 104 valence electrons. The minimum absolute atomic E-state index is 0.00494. The van der Waals surface area contributed by atoms with E-state index in [2.05, 4.69) is 24.5 Å². The highest BCUT2D eigenvalue weighted by molar-refractivity contribution is 5.91. The fraction of sp³-hybridized carbons (Fsp3) is 0.500. The van der Waals surface area contributed by atoms with Gasteiger partial charge in [0, 0.05) is 30.8 Å². The van der Waals surface area contributed by atoms with Gasteiger partial charge in [0.15, 0.2) is 11.5 Å². The average Bonchev–Trinajstić information content (AvgIpc) is 2.85. The Hall–Kier alpha value is -1.75. The SMILES string of the molecule is CCC(C)NCCC(=O)Nc1ccc2c(c1)OCO2. The molecule has 0 fully saturated rings. The van der Waals surface area contributed by atoms with Gasteiger partial charge in [-0.1, -0.05) is 6.92 Å². The molecule has 0 spiro atoms. The van der Waals surface area contributed by atoms with Crippen LogP contribution in [0, 0.1) is 0 Å². The Morgan fingerprint density at radius 3 is 2.95 bits per heavy atom. The number of hydrogen-bond donors (Lipinski definition) is 2. The van der Waals surface area contributed by atoms with Crippen LogP contribution in [0.2, 0.25) is 0 Å². The summed E-state index contributed by atoms with van der Waals surface area (Å²) in [4.78, 5) is 11.8. The van der Waals surface area contributed by atoms with Crippen molar-refractivity contribution in [1.82, 2.24) is 5.32 Å². The Morgan fingerprint density at radius 1 is 1.37 bits per heavy atom. The zero-order valence-electron chi connectivity index (χ0n) is 11.4. The van der Waals surface area contributed by atoms with Crippen LogP contribution in [0.4, 0.5) is 5.69 Å². The molecule has 1 aliphatic rings. The molecular formula is C14H20N2O3. The number of anilines is 1. The van der Waals surface area contributed by atoms with Gasteiger partial charge in [0.2, 0.25) is 12.7 Å². The van der Waals surface area contributed by atoms with Gasteiger partial charge in [-0.05, 0) is 25.5 Å². The molecule has 0 bridgehead atoms. The van der Waals surface area contributed by atoms with E-state index in [1.807, 2.05) is 6.07 Å². The Kier molecular flexibility index (Phi) is 4.63. The Morgan fingerprint density at radius 2 is 2.16 bits per heavy atom. The lowest BCUT2D eigenvalue weighted by Crippen LogP contribution is -2.28. The van der Waals surface area contributed by atoms with E-state index in [9.17, 15) is 4.79 Å². The van der Waals surface area contributed by atoms with Gasteiger partial charge in [-0.3, -0.25) is 4.79 Å². The van der Waals surface area contributed by atoms with Crippen molar-refractivity contribution in [2.75, 3.05) is 18.7 Å². The van der Waals surface area contributed by atoms with E-state index in [-0.39, 0.29) is 12.7 Å². The third kappa shape index (κ3) is 3.86. The normalized spacial score (nSPS) is 14.2. The first-order chi connectivity index (χ1) is 9.19. The maximum Gasteiger partial charge on any atom is 0.231 e. The average molecular weight is 264 g/mol. The van der Waals surface area contributed by atoms with E-state index < -0.39 is 0 Å². The van der Waals surface area contributed by atoms with Crippen molar-refractivity contribution >= 4 is 11.6 Å². The van der Waals surface area contributed by atoms with Crippen molar-refractivity contribution in [1.29, 1.82) is 0 Å². The van der Waals surface area contributed by atoms with Crippen molar-refractivity contribution in [3.8, 4) is 11.5 Å². The highest BCUT2D eigenvalue weighted by atomic mass is 16.7. The Balaban J connectivity index is 1.79. The highest BCUT2D eigenvalue weighted by Crippen LogP contribution is 2.34. The highest BCUT2D eigenvalue weighted by Gasteiger charge is 2.14. The van der Waals surface area contributed by atoms with Crippen LogP contribution in [0.5, 0.6) is 11.5 Å². The summed E-state index contributed by atoms with van der Waals surface area (Å²) >= 11 is 0. The molecule has 1 atom stereocenters. The minimum Gasteiger partial charge on any atom is -0.454 e. The lowest BCUT2D eigenvalue weighted by atomic mass is 10.2. The molecule has 0 aromatic heterocycles. The molecule has 1 unspecified atom stereocenters. The molecule has 1 aliphatic heterocycles. The van der Waals surface area contributed by atoms with E-state index in [1.165, 1.54) is 0 Å². The molecule has 1 aromatic rings. The minimum atomic E-state index is -0.00494. The first-order valence-corrected chi connectivity index (χ1v) is 6.62. The number of benzene rings is 1. The molecule has 1 aromatic carbocycles. The zero-order chi connectivity index (χ0) is 13.7. The van der Waals surface area contributed by atoms with Gasteiger partial charge in [-0.2, -0.15) is 0 Å². The van der Waals surface area contributed by atoms with E-state index in [4.69, 9.17) is 9.47 Å². The second-order valence-corrected chi connectivity index (χ2v) is 4.63. The number of amides is 1. The number of nitrogens with one attached hydrogen (secondary N) is 2. The van der Waals surface area contributed by atoms with E-state index >= 15 is 0 Å². The predicted octanol–water partition coefficient (Wildman–Crippen LogP) is 2.13. The lowest BCUT2D eigenvalue weighted by Gasteiger charge is -2.11. The molecule has 2 rings (SSSR count). The number of ether oxygens (including phenoxy) is 2. The van der Waals surface area contributed by atoms with Crippen LogP contribution in [0.25, 0.3) is 0 Å². The third-order valence-corrected chi connectivity index (χ3v) is 3.11. The molecule has 1 amide bonds. The second kappa shape index (κ2) is 6.43. The summed E-state index contributed by atoms with van der Waals surface area (Å²) in [6.07, 6.45) is 1.52. The third-order valence-electron chi connectivity index (χ3n) is 3.11. The molecule has 1 heterocycles. The van der Waals surface area contributed by atoms with Crippen molar-refractivity contribution < 1.29 is 14.3 Å². The fourth-order valence-corrected chi connectivity index (χ4v) is 1.77. The summed E-state index contributed by atoms with van der Waals surface area (Å²) < 4.78 is 10.5. The van der Waals surface area contributed by atoms with Gasteiger partial charge < -0.3 is 20.1 Å². The van der Waals surface area contributed by atoms with Crippen LogP contribution in [0.3, 0.4) is 0 Å². The van der Waals surface area contributed by atoms with Crippen LogP contribution in [0.1, 0.15) is 26.7 Å². The van der Waals surface area contributed by atoms with Crippen molar-refractivity contribution in [3.05, 3.63) is 18.2 Å². The molecule has 0 aliphatic carbocycles.